The number of rotatable bonds is 4. The molecule has 1 heterocycles. The summed E-state index contributed by atoms with van der Waals surface area (Å²) in [5, 5.41) is 0. The van der Waals surface area contributed by atoms with E-state index in [1.54, 1.807) is 12.4 Å². The van der Waals surface area contributed by atoms with Gasteiger partial charge in [-0.25, -0.2) is 0 Å². The number of nitrogens with zero attached hydrogens (tertiary/aromatic N) is 1. The second-order valence-corrected chi connectivity index (χ2v) is 5.53. The highest BCUT2D eigenvalue weighted by Crippen LogP contribution is 2.30. The molecule has 2 aromatic carbocycles. The number of amides is 1. The number of hydrogen-bond donors (Lipinski definition) is 1. The van der Waals surface area contributed by atoms with Gasteiger partial charge in [0, 0.05) is 23.9 Å². The number of nitrogens with two attached hydrogens (primary N) is 1. The van der Waals surface area contributed by atoms with Crippen molar-refractivity contribution in [3.05, 3.63) is 89.7 Å². The highest BCUT2D eigenvalue weighted by molar-refractivity contribution is 5.95. The molecule has 0 saturated carbocycles. The summed E-state index contributed by atoms with van der Waals surface area (Å²) in [7, 11) is 0. The van der Waals surface area contributed by atoms with Crippen LogP contribution in [0.3, 0.4) is 0 Å². The standard InChI is InChI=1S/C20H18N2O/c1-14(15-5-3-2-4-6-15)19-13-17(7-8-18(19)20(21)23)16-9-11-22-12-10-16/h2-14H,1H3,(H2,21,23). The van der Waals surface area contributed by atoms with Gasteiger partial charge in [-0.15, -0.1) is 0 Å². The number of primary amides is 1. The van der Waals surface area contributed by atoms with Gasteiger partial charge in [-0.2, -0.15) is 0 Å². The molecule has 3 rings (SSSR count). The van der Waals surface area contributed by atoms with Gasteiger partial charge in [0.05, 0.1) is 0 Å². The molecule has 1 atom stereocenters. The highest BCUT2D eigenvalue weighted by Gasteiger charge is 2.17. The fraction of sp³-hybridized carbons (Fsp3) is 0.100. The number of hydrogen-bond acceptors (Lipinski definition) is 2. The maximum Gasteiger partial charge on any atom is 0.248 e. The molecule has 3 heteroatoms. The minimum Gasteiger partial charge on any atom is -0.366 e. The molecule has 2 N–H and O–H groups in total. The van der Waals surface area contributed by atoms with E-state index in [9.17, 15) is 4.79 Å². The Morgan fingerprint density at radius 2 is 1.65 bits per heavy atom. The van der Waals surface area contributed by atoms with Crippen LogP contribution in [0.5, 0.6) is 0 Å². The summed E-state index contributed by atoms with van der Waals surface area (Å²) >= 11 is 0. The summed E-state index contributed by atoms with van der Waals surface area (Å²) in [5.74, 6) is -0.315. The average molecular weight is 302 g/mol. The van der Waals surface area contributed by atoms with Gasteiger partial charge < -0.3 is 5.73 Å². The number of carbonyl (C=O) groups is 1. The Labute approximate surface area is 135 Å². The van der Waals surface area contributed by atoms with Crippen LogP contribution in [0.1, 0.15) is 34.3 Å². The summed E-state index contributed by atoms with van der Waals surface area (Å²) in [6.07, 6.45) is 3.52. The van der Waals surface area contributed by atoms with Crippen molar-refractivity contribution in [2.24, 2.45) is 5.73 Å². The lowest BCUT2D eigenvalue weighted by Gasteiger charge is -2.17. The Bertz CT molecular complexity index is 814. The van der Waals surface area contributed by atoms with Gasteiger partial charge >= 0.3 is 0 Å². The van der Waals surface area contributed by atoms with Gasteiger partial charge in [0.15, 0.2) is 0 Å². The largest absolute Gasteiger partial charge is 0.366 e. The first-order valence-electron chi connectivity index (χ1n) is 7.56. The average Bonchev–Trinajstić information content (AvgIpc) is 2.62. The minimum absolute atomic E-state index is 0.0838. The van der Waals surface area contributed by atoms with Gasteiger partial charge in [-0.3, -0.25) is 9.78 Å². The van der Waals surface area contributed by atoms with Crippen molar-refractivity contribution < 1.29 is 4.79 Å². The van der Waals surface area contributed by atoms with E-state index in [1.165, 1.54) is 0 Å². The minimum atomic E-state index is -0.399. The van der Waals surface area contributed by atoms with Gasteiger partial charge in [-0.05, 0) is 46.5 Å². The van der Waals surface area contributed by atoms with Gasteiger partial charge in [0.1, 0.15) is 0 Å². The molecule has 1 amide bonds. The summed E-state index contributed by atoms with van der Waals surface area (Å²) in [6, 6.07) is 19.8. The fourth-order valence-electron chi connectivity index (χ4n) is 2.79. The Kier molecular flexibility index (Phi) is 4.20. The first kappa shape index (κ1) is 15.0. The molecule has 23 heavy (non-hydrogen) atoms. The predicted molar refractivity (Wildman–Crippen MR) is 92.1 cm³/mol. The van der Waals surface area contributed by atoms with E-state index in [1.807, 2.05) is 48.5 Å². The lowest BCUT2D eigenvalue weighted by atomic mass is 9.87. The Morgan fingerprint density at radius 1 is 0.957 bits per heavy atom. The highest BCUT2D eigenvalue weighted by atomic mass is 16.1. The zero-order valence-electron chi connectivity index (χ0n) is 12.9. The normalized spacial score (nSPS) is 11.9. The first-order valence-corrected chi connectivity index (χ1v) is 7.56. The molecule has 0 saturated heterocycles. The van der Waals surface area contributed by atoms with Crippen molar-refractivity contribution in [1.29, 1.82) is 0 Å². The van der Waals surface area contributed by atoms with Crippen molar-refractivity contribution in [1.82, 2.24) is 4.98 Å². The lowest BCUT2D eigenvalue weighted by molar-refractivity contribution is 0.0999. The summed E-state index contributed by atoms with van der Waals surface area (Å²) in [6.45, 7) is 2.09. The number of carbonyl (C=O) groups excluding carboxylic acids is 1. The van der Waals surface area contributed by atoms with Gasteiger partial charge in [0.25, 0.3) is 0 Å². The predicted octanol–water partition coefficient (Wildman–Crippen LogP) is 4.00. The Balaban J connectivity index is 2.11. The van der Waals surface area contributed by atoms with E-state index in [0.29, 0.717) is 5.56 Å². The molecule has 0 aliphatic heterocycles. The molecule has 0 fully saturated rings. The molecule has 0 spiro atoms. The van der Waals surface area contributed by atoms with E-state index < -0.39 is 5.91 Å². The zero-order valence-corrected chi connectivity index (χ0v) is 12.9. The Morgan fingerprint density at radius 3 is 2.30 bits per heavy atom. The third kappa shape index (κ3) is 3.14. The van der Waals surface area contributed by atoms with Crippen LogP contribution in [-0.4, -0.2) is 10.9 Å². The van der Waals surface area contributed by atoms with E-state index in [-0.39, 0.29) is 5.92 Å². The van der Waals surface area contributed by atoms with E-state index in [2.05, 4.69) is 24.0 Å². The van der Waals surface area contributed by atoms with Crippen LogP contribution in [0, 0.1) is 0 Å². The summed E-state index contributed by atoms with van der Waals surface area (Å²) < 4.78 is 0. The maximum absolute atomic E-state index is 11.8. The van der Waals surface area contributed by atoms with Crippen molar-refractivity contribution in [3.63, 3.8) is 0 Å². The smallest absolute Gasteiger partial charge is 0.248 e. The summed E-state index contributed by atoms with van der Waals surface area (Å²) in [5.41, 5.74) is 10.4. The monoisotopic (exact) mass is 302 g/mol. The van der Waals surface area contributed by atoms with E-state index in [0.717, 1.165) is 22.3 Å². The molecular weight excluding hydrogens is 284 g/mol. The van der Waals surface area contributed by atoms with E-state index >= 15 is 0 Å². The number of pyridine rings is 1. The van der Waals surface area contributed by atoms with Crippen molar-refractivity contribution >= 4 is 5.91 Å². The molecule has 1 aromatic heterocycles. The SMILES string of the molecule is CC(c1ccccc1)c1cc(-c2ccncc2)ccc1C(N)=O. The quantitative estimate of drug-likeness (QED) is 0.792. The van der Waals surface area contributed by atoms with Crippen LogP contribution < -0.4 is 5.73 Å². The number of aromatic nitrogens is 1. The fourth-order valence-corrected chi connectivity index (χ4v) is 2.79. The molecule has 0 radical (unpaired) electrons. The topological polar surface area (TPSA) is 56.0 Å². The van der Waals surface area contributed by atoms with Crippen molar-refractivity contribution in [2.75, 3.05) is 0 Å². The van der Waals surface area contributed by atoms with Gasteiger partial charge in [0.2, 0.25) is 5.91 Å². The van der Waals surface area contributed by atoms with Crippen LogP contribution in [0.25, 0.3) is 11.1 Å². The van der Waals surface area contributed by atoms with Crippen LogP contribution in [-0.2, 0) is 0 Å². The van der Waals surface area contributed by atoms with Gasteiger partial charge in [-0.1, -0.05) is 43.3 Å². The maximum atomic E-state index is 11.8. The number of benzene rings is 2. The second kappa shape index (κ2) is 6.44. The lowest BCUT2D eigenvalue weighted by Crippen LogP contribution is -2.15. The molecule has 1 unspecified atom stereocenters. The third-order valence-corrected chi connectivity index (χ3v) is 4.10. The molecule has 114 valence electrons. The third-order valence-electron chi connectivity index (χ3n) is 4.10. The molecule has 3 nitrogen and oxygen atoms in total. The van der Waals surface area contributed by atoms with E-state index in [4.69, 9.17) is 5.73 Å². The molecule has 0 aliphatic carbocycles. The zero-order chi connectivity index (χ0) is 16.2. The van der Waals surface area contributed by atoms with Crippen molar-refractivity contribution in [3.8, 4) is 11.1 Å². The molecular formula is C20H18N2O. The first-order chi connectivity index (χ1) is 11.2. The Hall–Kier alpha value is -2.94. The molecule has 0 bridgehead atoms. The second-order valence-electron chi connectivity index (χ2n) is 5.53. The molecule has 0 aliphatic rings. The van der Waals surface area contributed by atoms with Crippen molar-refractivity contribution in [2.45, 2.75) is 12.8 Å². The van der Waals surface area contributed by atoms with Crippen LogP contribution >= 0.6 is 0 Å². The summed E-state index contributed by atoms with van der Waals surface area (Å²) in [4.78, 5) is 15.9. The van der Waals surface area contributed by atoms with Crippen LogP contribution in [0.4, 0.5) is 0 Å². The van der Waals surface area contributed by atoms with Crippen LogP contribution in [0.2, 0.25) is 0 Å². The molecule has 3 aromatic rings. The van der Waals surface area contributed by atoms with Crippen LogP contribution in [0.15, 0.2) is 73.1 Å².